The maximum atomic E-state index is 13.1. The summed E-state index contributed by atoms with van der Waals surface area (Å²) in [5.74, 6) is 0.0879. The number of aryl methyl sites for hydroxylation is 1. The third kappa shape index (κ3) is 6.62. The number of nitrogens with one attached hydrogen (secondary N) is 2. The van der Waals surface area contributed by atoms with Gasteiger partial charge in [0.05, 0.1) is 28.6 Å². The molecule has 0 unspecified atom stereocenters. The van der Waals surface area contributed by atoms with Crippen molar-refractivity contribution in [3.8, 4) is 11.3 Å². The summed E-state index contributed by atoms with van der Waals surface area (Å²) in [6, 6.07) is 18.5. The number of carbonyl (C=O) groups is 1. The van der Waals surface area contributed by atoms with Crippen LogP contribution in [0.5, 0.6) is 0 Å². The number of aromatic nitrogens is 2. The van der Waals surface area contributed by atoms with Crippen LogP contribution in [0.3, 0.4) is 0 Å². The van der Waals surface area contributed by atoms with E-state index in [0.29, 0.717) is 41.4 Å². The van der Waals surface area contributed by atoms with Gasteiger partial charge in [-0.15, -0.1) is 0 Å². The molecule has 11 heteroatoms. The first-order valence-corrected chi connectivity index (χ1v) is 16.3. The van der Waals surface area contributed by atoms with Crippen molar-refractivity contribution < 1.29 is 13.2 Å². The second-order valence-corrected chi connectivity index (χ2v) is 14.5. The van der Waals surface area contributed by atoms with Crippen LogP contribution in [0.25, 0.3) is 11.3 Å². The minimum atomic E-state index is -3.01. The molecule has 44 heavy (non-hydrogen) atoms. The summed E-state index contributed by atoms with van der Waals surface area (Å²) in [4.78, 5) is 32.7. The van der Waals surface area contributed by atoms with E-state index in [0.717, 1.165) is 22.4 Å². The van der Waals surface area contributed by atoms with Crippen LogP contribution in [-0.4, -0.2) is 48.5 Å². The van der Waals surface area contributed by atoms with Crippen molar-refractivity contribution in [2.75, 3.05) is 45.9 Å². The quantitative estimate of drug-likeness (QED) is 0.262. The molecule has 5 rings (SSSR count). The molecule has 0 aliphatic carbocycles. The number of nitrogens with zero attached hydrogens (tertiary/aromatic N) is 3. The van der Waals surface area contributed by atoms with Crippen LogP contribution in [0.1, 0.15) is 42.3 Å². The number of sulfone groups is 1. The van der Waals surface area contributed by atoms with E-state index >= 15 is 0 Å². The molecule has 0 bridgehead atoms. The number of benzene rings is 3. The number of carbonyl (C=O) groups excluding carboxylic acids is 1. The van der Waals surface area contributed by atoms with E-state index in [9.17, 15) is 18.0 Å². The van der Waals surface area contributed by atoms with Gasteiger partial charge in [0.25, 0.3) is 11.5 Å². The standard InChI is InChI=1S/C33H38N6O4S/c1-21-25(7-6-8-27(21)37-31(40)22-9-11-23(12-10-22)33(2,3)4)28-20-38(5)32(41)30(36-28)35-24-13-14-29(26(34)19-24)39-15-17-44(42,43)18-16-39/h6-14,19-20H,15-18,34H2,1-5H3,(H,35,36)(H,37,40). The second kappa shape index (κ2) is 11.8. The summed E-state index contributed by atoms with van der Waals surface area (Å²) in [6.45, 7) is 9.05. The van der Waals surface area contributed by atoms with Gasteiger partial charge < -0.3 is 25.8 Å². The minimum absolute atomic E-state index is 0.00709. The van der Waals surface area contributed by atoms with Crippen LogP contribution in [0.2, 0.25) is 0 Å². The topological polar surface area (TPSA) is 139 Å². The lowest BCUT2D eigenvalue weighted by atomic mass is 9.86. The summed E-state index contributed by atoms with van der Waals surface area (Å²) in [7, 11) is -1.36. The zero-order chi connectivity index (χ0) is 31.8. The Labute approximate surface area is 257 Å². The Morgan fingerprint density at radius 1 is 1.00 bits per heavy atom. The molecule has 1 amide bonds. The zero-order valence-corrected chi connectivity index (χ0v) is 26.5. The maximum absolute atomic E-state index is 13.1. The van der Waals surface area contributed by atoms with E-state index in [1.807, 2.05) is 60.4 Å². The molecule has 0 radical (unpaired) electrons. The van der Waals surface area contributed by atoms with E-state index in [1.54, 1.807) is 25.4 Å². The first kappa shape index (κ1) is 30.8. The van der Waals surface area contributed by atoms with Crippen molar-refractivity contribution in [2.45, 2.75) is 33.1 Å². The SMILES string of the molecule is Cc1c(NC(=O)c2ccc(C(C)(C)C)cc2)cccc1-c1cn(C)c(=O)c(Nc2ccc(N3CCS(=O)(=O)CC3)c(N)c2)n1. The molecule has 4 N–H and O–H groups in total. The Hall–Kier alpha value is -4.64. The molecule has 4 aromatic rings. The highest BCUT2D eigenvalue weighted by atomic mass is 32.2. The van der Waals surface area contributed by atoms with Gasteiger partial charge in [0.15, 0.2) is 15.7 Å². The van der Waals surface area contributed by atoms with Gasteiger partial charge in [-0.2, -0.15) is 0 Å². The Bertz CT molecular complexity index is 1880. The fourth-order valence-corrected chi connectivity index (χ4v) is 6.39. The molecule has 3 aromatic carbocycles. The smallest absolute Gasteiger partial charge is 0.293 e. The number of hydrogen-bond donors (Lipinski definition) is 3. The van der Waals surface area contributed by atoms with Crippen molar-refractivity contribution in [1.29, 1.82) is 0 Å². The van der Waals surface area contributed by atoms with Crippen molar-refractivity contribution in [3.63, 3.8) is 0 Å². The first-order valence-electron chi connectivity index (χ1n) is 14.4. The molecule has 2 heterocycles. The molecular formula is C33H38N6O4S. The number of nitrogen functional groups attached to an aromatic ring is 1. The van der Waals surface area contributed by atoms with Crippen LogP contribution in [-0.2, 0) is 22.3 Å². The molecule has 0 spiro atoms. The maximum Gasteiger partial charge on any atom is 0.293 e. The average molecular weight is 615 g/mol. The third-order valence-corrected chi connectivity index (χ3v) is 9.53. The highest BCUT2D eigenvalue weighted by Crippen LogP contribution is 2.31. The first-order chi connectivity index (χ1) is 20.7. The lowest BCUT2D eigenvalue weighted by molar-refractivity contribution is 0.102. The van der Waals surface area contributed by atoms with Crippen LogP contribution < -0.4 is 26.8 Å². The van der Waals surface area contributed by atoms with Crippen LogP contribution in [0.4, 0.5) is 28.6 Å². The van der Waals surface area contributed by atoms with Crippen molar-refractivity contribution in [1.82, 2.24) is 9.55 Å². The van der Waals surface area contributed by atoms with Crippen LogP contribution in [0.15, 0.2) is 71.7 Å². The summed E-state index contributed by atoms with van der Waals surface area (Å²) >= 11 is 0. The molecular weight excluding hydrogens is 576 g/mol. The molecule has 1 aliphatic rings. The Morgan fingerprint density at radius 2 is 1.68 bits per heavy atom. The van der Waals surface area contributed by atoms with Gasteiger partial charge >= 0.3 is 0 Å². The monoisotopic (exact) mass is 614 g/mol. The molecule has 0 saturated carbocycles. The Morgan fingerprint density at radius 3 is 2.32 bits per heavy atom. The van der Waals surface area contributed by atoms with E-state index in [1.165, 1.54) is 4.57 Å². The molecule has 1 aliphatic heterocycles. The van der Waals surface area contributed by atoms with E-state index in [-0.39, 0.29) is 34.2 Å². The minimum Gasteiger partial charge on any atom is -0.397 e. The third-order valence-electron chi connectivity index (χ3n) is 7.92. The lowest BCUT2D eigenvalue weighted by Gasteiger charge is -2.30. The van der Waals surface area contributed by atoms with Crippen LogP contribution in [0, 0.1) is 6.92 Å². The van der Waals surface area contributed by atoms with Gasteiger partial charge in [-0.3, -0.25) is 9.59 Å². The van der Waals surface area contributed by atoms with Crippen molar-refractivity contribution >= 4 is 44.3 Å². The molecule has 0 atom stereocenters. The van der Waals surface area contributed by atoms with Gasteiger partial charge in [-0.25, -0.2) is 13.4 Å². The van der Waals surface area contributed by atoms with E-state index in [2.05, 4.69) is 36.4 Å². The predicted molar refractivity (Wildman–Crippen MR) is 178 cm³/mol. The molecule has 1 saturated heterocycles. The van der Waals surface area contributed by atoms with Crippen molar-refractivity contribution in [2.24, 2.45) is 7.05 Å². The van der Waals surface area contributed by atoms with Gasteiger partial charge in [-0.05, 0) is 59.9 Å². The molecule has 10 nitrogen and oxygen atoms in total. The largest absolute Gasteiger partial charge is 0.397 e. The second-order valence-electron chi connectivity index (χ2n) is 12.2. The normalized spacial score (nSPS) is 14.7. The number of anilines is 5. The number of nitrogens with two attached hydrogens (primary N) is 1. The summed E-state index contributed by atoms with van der Waals surface area (Å²) in [5.41, 5.74) is 12.3. The molecule has 1 fully saturated rings. The number of rotatable bonds is 6. The Balaban J connectivity index is 1.38. The van der Waals surface area contributed by atoms with E-state index < -0.39 is 9.84 Å². The fraction of sp³-hybridized carbons (Fsp3) is 0.303. The fourth-order valence-electron chi connectivity index (χ4n) is 5.19. The number of amides is 1. The van der Waals surface area contributed by atoms with Gasteiger partial charge in [0, 0.05) is 48.8 Å². The highest BCUT2D eigenvalue weighted by molar-refractivity contribution is 7.91. The van der Waals surface area contributed by atoms with Gasteiger partial charge in [-0.1, -0.05) is 45.0 Å². The summed E-state index contributed by atoms with van der Waals surface area (Å²) in [5, 5.41) is 6.12. The highest BCUT2D eigenvalue weighted by Gasteiger charge is 2.23. The summed E-state index contributed by atoms with van der Waals surface area (Å²) in [6.07, 6.45) is 1.66. The van der Waals surface area contributed by atoms with Gasteiger partial charge in [0.2, 0.25) is 0 Å². The predicted octanol–water partition coefficient (Wildman–Crippen LogP) is 4.87. The molecule has 230 valence electrons. The van der Waals surface area contributed by atoms with E-state index in [4.69, 9.17) is 5.73 Å². The van der Waals surface area contributed by atoms with Crippen LogP contribution >= 0.6 is 0 Å². The summed E-state index contributed by atoms with van der Waals surface area (Å²) < 4.78 is 25.1. The van der Waals surface area contributed by atoms with Crippen molar-refractivity contribution in [3.05, 3.63) is 93.9 Å². The average Bonchev–Trinajstić information content (AvgIpc) is 2.96. The van der Waals surface area contributed by atoms with Gasteiger partial charge in [0.1, 0.15) is 0 Å². The molecule has 1 aromatic heterocycles. The number of hydrogen-bond acceptors (Lipinski definition) is 8. The Kier molecular flexibility index (Phi) is 8.26. The zero-order valence-electron chi connectivity index (χ0n) is 25.6. The lowest BCUT2D eigenvalue weighted by Crippen LogP contribution is -2.40.